The molecule has 0 bridgehead atoms. The lowest BCUT2D eigenvalue weighted by atomic mass is 10.2. The summed E-state index contributed by atoms with van der Waals surface area (Å²) in [6.45, 7) is 0. The third-order valence-electron chi connectivity index (χ3n) is 2.09. The third kappa shape index (κ3) is 3.71. The number of rotatable bonds is 6. The van der Waals surface area contributed by atoms with Crippen LogP contribution in [0, 0.1) is 0 Å². The van der Waals surface area contributed by atoms with E-state index in [0.29, 0.717) is 0 Å². The van der Waals surface area contributed by atoms with Crippen LogP contribution in [0.1, 0.15) is 0 Å². The van der Waals surface area contributed by atoms with E-state index in [9.17, 15) is 18.4 Å². The van der Waals surface area contributed by atoms with E-state index in [-0.39, 0.29) is 0 Å². The highest BCUT2D eigenvalue weighted by Gasteiger charge is 2.45. The minimum atomic E-state index is -2.77. The fourth-order valence-electron chi connectivity index (χ4n) is 0.910. The van der Waals surface area contributed by atoms with Gasteiger partial charge >= 0.3 is 0 Å². The Morgan fingerprint density at radius 2 is 1.53 bits per heavy atom. The molecule has 0 saturated carbocycles. The van der Waals surface area contributed by atoms with Crippen molar-refractivity contribution in [3.8, 4) is 0 Å². The van der Waals surface area contributed by atoms with Crippen molar-refractivity contribution in [2.75, 3.05) is 25.6 Å². The molecule has 3 N–H and O–H groups in total. The van der Waals surface area contributed by atoms with Gasteiger partial charge in [0.05, 0.1) is 5.75 Å². The van der Waals surface area contributed by atoms with Crippen LogP contribution in [0.15, 0.2) is 0 Å². The molecule has 2 atom stereocenters. The van der Waals surface area contributed by atoms with Crippen LogP contribution in [0.3, 0.4) is 0 Å². The molecular weight excluding hydrogens is 272 g/mol. The number of hydrogen-bond donors (Lipinski definition) is 5. The summed E-state index contributed by atoms with van der Waals surface area (Å²) in [5.41, 5.74) is 0. The number of nitrogens with one attached hydrogen (secondary N) is 3. The molecule has 0 aliphatic carbocycles. The molecule has 0 radical (unpaired) electrons. The number of carbonyl (C=O) groups excluding carboxylic acids is 2. The maximum atomic E-state index is 13.9. The SMILES string of the molecule is CNC(=O)C(F)(CS)NC(=O)[C@@](F)(CS)NC. The molecule has 1 unspecified atom stereocenters. The van der Waals surface area contributed by atoms with E-state index in [2.05, 4.69) is 30.6 Å². The lowest BCUT2D eigenvalue weighted by molar-refractivity contribution is -0.145. The lowest BCUT2D eigenvalue weighted by Crippen LogP contribution is -2.63. The van der Waals surface area contributed by atoms with Crippen molar-refractivity contribution >= 4 is 37.1 Å². The number of hydrogen-bond acceptors (Lipinski definition) is 5. The van der Waals surface area contributed by atoms with E-state index in [1.165, 1.54) is 14.1 Å². The smallest absolute Gasteiger partial charge is 0.279 e. The van der Waals surface area contributed by atoms with Gasteiger partial charge in [-0.15, -0.1) is 0 Å². The van der Waals surface area contributed by atoms with Gasteiger partial charge in [0.15, 0.2) is 0 Å². The zero-order valence-electron chi connectivity index (χ0n) is 9.38. The Morgan fingerprint density at radius 3 is 1.82 bits per heavy atom. The standard InChI is InChI=1S/C8H15F2N3O2S2/c1-11-5(14)8(10,4-17)13-6(15)7(9,3-16)12-2/h12,16-17H,3-4H2,1-2H3,(H,11,14)(H,13,15)/t7-,8?/m1/s1. The summed E-state index contributed by atoms with van der Waals surface area (Å²) in [7, 11) is 2.36. The Balaban J connectivity index is 4.92. The van der Waals surface area contributed by atoms with Crippen molar-refractivity contribution in [3.05, 3.63) is 0 Å². The first-order valence-corrected chi connectivity index (χ1v) is 5.89. The van der Waals surface area contributed by atoms with E-state index in [4.69, 9.17) is 0 Å². The van der Waals surface area contributed by atoms with Crippen LogP contribution in [0.5, 0.6) is 0 Å². The van der Waals surface area contributed by atoms with E-state index in [1.807, 2.05) is 5.32 Å². The fraction of sp³-hybridized carbons (Fsp3) is 0.750. The van der Waals surface area contributed by atoms with E-state index >= 15 is 0 Å². The average Bonchev–Trinajstić information content (AvgIpc) is 2.36. The van der Waals surface area contributed by atoms with Crippen molar-refractivity contribution in [1.29, 1.82) is 0 Å². The average molecular weight is 287 g/mol. The van der Waals surface area contributed by atoms with Gasteiger partial charge in [-0.1, -0.05) is 0 Å². The summed E-state index contributed by atoms with van der Waals surface area (Å²) in [5, 5.41) is 5.72. The Hall–Kier alpha value is -0.540. The molecule has 0 spiro atoms. The highest BCUT2D eigenvalue weighted by atomic mass is 32.1. The molecular formula is C8H15F2N3O2S2. The van der Waals surface area contributed by atoms with Gasteiger partial charge in [0.25, 0.3) is 17.6 Å². The molecule has 0 aromatic rings. The van der Waals surface area contributed by atoms with Crippen LogP contribution < -0.4 is 16.0 Å². The summed E-state index contributed by atoms with van der Waals surface area (Å²) in [6, 6.07) is 0. The van der Waals surface area contributed by atoms with Crippen molar-refractivity contribution in [2.24, 2.45) is 0 Å². The van der Waals surface area contributed by atoms with Gasteiger partial charge in [-0.3, -0.25) is 14.9 Å². The van der Waals surface area contributed by atoms with Gasteiger partial charge in [0, 0.05) is 12.8 Å². The van der Waals surface area contributed by atoms with E-state index in [1.54, 1.807) is 5.32 Å². The maximum absolute atomic E-state index is 13.9. The van der Waals surface area contributed by atoms with Crippen LogP contribution in [-0.4, -0.2) is 49.0 Å². The summed E-state index contributed by atoms with van der Waals surface area (Å²) in [4.78, 5) is 22.7. The van der Waals surface area contributed by atoms with Crippen LogP contribution >= 0.6 is 25.3 Å². The second-order valence-corrected chi connectivity index (χ2v) is 3.83. The van der Waals surface area contributed by atoms with Crippen molar-refractivity contribution < 1.29 is 18.4 Å². The molecule has 0 saturated heterocycles. The molecule has 0 aliphatic rings. The fourth-order valence-corrected chi connectivity index (χ4v) is 1.43. The number of amides is 2. The minimum absolute atomic E-state index is 0.508. The highest BCUT2D eigenvalue weighted by Crippen LogP contribution is 2.15. The molecule has 5 nitrogen and oxygen atoms in total. The summed E-state index contributed by atoms with van der Waals surface area (Å²) < 4.78 is 27.7. The molecule has 17 heavy (non-hydrogen) atoms. The first-order valence-electron chi connectivity index (χ1n) is 4.63. The van der Waals surface area contributed by atoms with Crippen LogP contribution in [0.2, 0.25) is 0 Å². The number of carbonyl (C=O) groups is 2. The molecule has 0 aromatic carbocycles. The molecule has 0 heterocycles. The van der Waals surface area contributed by atoms with Crippen LogP contribution in [-0.2, 0) is 9.59 Å². The monoisotopic (exact) mass is 287 g/mol. The maximum Gasteiger partial charge on any atom is 0.279 e. The Morgan fingerprint density at radius 1 is 1.06 bits per heavy atom. The van der Waals surface area contributed by atoms with Gasteiger partial charge in [-0.05, 0) is 7.05 Å². The van der Waals surface area contributed by atoms with Crippen LogP contribution in [0.25, 0.3) is 0 Å². The summed E-state index contributed by atoms with van der Waals surface area (Å²) >= 11 is 7.24. The normalized spacial score (nSPS) is 17.8. The first-order chi connectivity index (χ1) is 7.79. The molecule has 2 amide bonds. The van der Waals surface area contributed by atoms with Crippen LogP contribution in [0.4, 0.5) is 8.78 Å². The Bertz CT molecular complexity index is 302. The van der Waals surface area contributed by atoms with Crippen molar-refractivity contribution in [1.82, 2.24) is 16.0 Å². The molecule has 100 valence electrons. The van der Waals surface area contributed by atoms with Crippen molar-refractivity contribution in [3.63, 3.8) is 0 Å². The second kappa shape index (κ2) is 6.41. The first kappa shape index (κ1) is 16.5. The molecule has 0 aliphatic heterocycles. The highest BCUT2D eigenvalue weighted by molar-refractivity contribution is 7.80. The van der Waals surface area contributed by atoms with Gasteiger partial charge in [0.2, 0.25) is 5.79 Å². The Labute approximate surface area is 109 Å². The second-order valence-electron chi connectivity index (χ2n) is 3.20. The summed E-state index contributed by atoms with van der Waals surface area (Å²) in [5.74, 6) is -8.89. The van der Waals surface area contributed by atoms with Crippen molar-refractivity contribution in [2.45, 2.75) is 11.6 Å². The summed E-state index contributed by atoms with van der Waals surface area (Å²) in [6.07, 6.45) is 0. The molecule has 9 heteroatoms. The number of likely N-dealkylation sites (N-methyl/N-ethyl adjacent to an activating group) is 2. The molecule has 0 rings (SSSR count). The number of alkyl halides is 2. The Kier molecular flexibility index (Phi) is 6.20. The quantitative estimate of drug-likeness (QED) is 0.330. The zero-order valence-corrected chi connectivity index (χ0v) is 11.2. The van der Waals surface area contributed by atoms with Gasteiger partial charge in [-0.2, -0.15) is 25.3 Å². The zero-order chi connectivity index (χ0) is 13.7. The number of halogens is 2. The molecule has 0 aromatic heterocycles. The number of thiol groups is 2. The molecule has 0 fully saturated rings. The van der Waals surface area contributed by atoms with E-state index < -0.39 is 34.9 Å². The van der Waals surface area contributed by atoms with Gasteiger partial charge < -0.3 is 10.6 Å². The topological polar surface area (TPSA) is 70.2 Å². The van der Waals surface area contributed by atoms with Gasteiger partial charge in [0.1, 0.15) is 0 Å². The predicted octanol–water partition coefficient (Wildman–Crippen LogP) is -0.741. The van der Waals surface area contributed by atoms with E-state index in [0.717, 1.165) is 0 Å². The predicted molar refractivity (Wildman–Crippen MR) is 66.7 cm³/mol. The third-order valence-corrected chi connectivity index (χ3v) is 2.96. The lowest BCUT2D eigenvalue weighted by Gasteiger charge is -2.28. The van der Waals surface area contributed by atoms with Gasteiger partial charge in [-0.25, -0.2) is 8.78 Å². The minimum Gasteiger partial charge on any atom is -0.355 e. The largest absolute Gasteiger partial charge is 0.355 e.